The van der Waals surface area contributed by atoms with Crippen molar-refractivity contribution in [3.63, 3.8) is 0 Å². The van der Waals surface area contributed by atoms with Gasteiger partial charge in [0, 0.05) is 27.7 Å². The maximum Gasteiger partial charge on any atom is 0.303 e. The number of methoxy groups -OCH3 is 1. The Morgan fingerprint density at radius 3 is 1.62 bits per heavy atom. The van der Waals surface area contributed by atoms with Crippen LogP contribution in [0.2, 0.25) is 0 Å². The van der Waals surface area contributed by atoms with Crippen LogP contribution < -0.4 is 9.47 Å². The number of hydrogen-bond donors (Lipinski definition) is 0. The van der Waals surface area contributed by atoms with Gasteiger partial charge in [-0.3, -0.25) is 19.2 Å². The van der Waals surface area contributed by atoms with E-state index in [1.54, 1.807) is 38.1 Å². The van der Waals surface area contributed by atoms with E-state index in [9.17, 15) is 19.2 Å². The fourth-order valence-corrected chi connectivity index (χ4v) is 5.56. The van der Waals surface area contributed by atoms with Crippen LogP contribution in [-0.2, 0) is 63.7 Å². The van der Waals surface area contributed by atoms with E-state index in [0.717, 1.165) is 19.4 Å². The highest BCUT2D eigenvalue weighted by molar-refractivity contribution is 5.68. The summed E-state index contributed by atoms with van der Waals surface area (Å²) in [5, 5.41) is 0. The van der Waals surface area contributed by atoms with Crippen molar-refractivity contribution >= 4 is 23.9 Å². The molecule has 2 saturated heterocycles. The Hall–Kier alpha value is -4.24. The van der Waals surface area contributed by atoms with Gasteiger partial charge in [-0.05, 0) is 43.7 Å². The molecule has 0 bridgehead atoms. The molecule has 2 aromatic rings. The van der Waals surface area contributed by atoms with Gasteiger partial charge in [-0.15, -0.1) is 0 Å². The summed E-state index contributed by atoms with van der Waals surface area (Å²) in [6.07, 6.45) is -11.5. The molecule has 48 heavy (non-hydrogen) atoms. The zero-order valence-electron chi connectivity index (χ0n) is 27.9. The topological polar surface area (TPSA) is 161 Å². The summed E-state index contributed by atoms with van der Waals surface area (Å²) in [5.41, 5.74) is 0.851. The molecule has 2 aromatic carbocycles. The van der Waals surface area contributed by atoms with Gasteiger partial charge in [0.15, 0.2) is 30.7 Å². The number of ether oxygens (including phenoxy) is 10. The van der Waals surface area contributed by atoms with Gasteiger partial charge in [-0.1, -0.05) is 30.3 Å². The quantitative estimate of drug-likeness (QED) is 0.238. The minimum Gasteiger partial charge on any atom is -0.497 e. The van der Waals surface area contributed by atoms with E-state index in [4.69, 9.17) is 47.4 Å². The van der Waals surface area contributed by atoms with Crippen LogP contribution >= 0.6 is 0 Å². The fraction of sp³-hybridized carbons (Fsp3) is 0.529. The van der Waals surface area contributed by atoms with Crippen LogP contribution in [-0.4, -0.2) is 92.4 Å². The highest BCUT2D eigenvalue weighted by Crippen LogP contribution is 2.36. The van der Waals surface area contributed by atoms with Crippen molar-refractivity contribution in [1.82, 2.24) is 0 Å². The van der Waals surface area contributed by atoms with Crippen molar-refractivity contribution < 1.29 is 66.5 Å². The molecule has 0 N–H and O–H groups in total. The molecule has 0 aliphatic carbocycles. The molecule has 0 spiro atoms. The summed E-state index contributed by atoms with van der Waals surface area (Å²) in [6.45, 7) is 8.19. The molecule has 2 aliphatic heterocycles. The number of hydrogen-bond acceptors (Lipinski definition) is 14. The summed E-state index contributed by atoms with van der Waals surface area (Å²) >= 11 is 0. The van der Waals surface area contributed by atoms with E-state index in [-0.39, 0.29) is 6.61 Å². The number of benzene rings is 2. The minimum atomic E-state index is -1.43. The van der Waals surface area contributed by atoms with Crippen LogP contribution in [0.3, 0.4) is 0 Å². The zero-order valence-corrected chi connectivity index (χ0v) is 27.9. The molecular formula is C34H42O14. The summed E-state index contributed by atoms with van der Waals surface area (Å²) in [4.78, 5) is 49.1. The van der Waals surface area contributed by atoms with E-state index in [2.05, 4.69) is 0 Å². The Bertz CT molecular complexity index is 1380. The summed E-state index contributed by atoms with van der Waals surface area (Å²) in [6, 6.07) is 16.1. The average Bonchev–Trinajstić information content (AvgIpc) is 3.02. The van der Waals surface area contributed by atoms with Crippen LogP contribution in [0.1, 0.15) is 47.1 Å². The Morgan fingerprint density at radius 2 is 1.06 bits per heavy atom. The third-order valence-corrected chi connectivity index (χ3v) is 7.55. The largest absolute Gasteiger partial charge is 0.497 e. The average molecular weight is 675 g/mol. The number of carbonyl (C=O) groups excluding carboxylic acids is 4. The summed E-state index contributed by atoms with van der Waals surface area (Å²) in [7, 11) is 1.54. The molecule has 0 amide bonds. The molecule has 0 unspecified atom stereocenters. The van der Waals surface area contributed by atoms with E-state index >= 15 is 0 Å². The van der Waals surface area contributed by atoms with Crippen molar-refractivity contribution in [2.24, 2.45) is 0 Å². The van der Waals surface area contributed by atoms with Gasteiger partial charge in [-0.25, -0.2) is 0 Å². The number of esters is 4. The lowest BCUT2D eigenvalue weighted by Gasteiger charge is -2.48. The zero-order chi connectivity index (χ0) is 35.0. The SMILES string of the molecule is COc1ccc(O[C@@H]2O[C@@H](C)[C@H](OCc3ccccc3)[C@@H](O[C@@H]3O[C@@H](C)[C@H](OC(C)=O)[C@@H](OC(C)=O)[C@H]3OC(C)=O)[C@H]2OC(C)=O)cc1. The molecule has 2 fully saturated rings. The second-order valence-corrected chi connectivity index (χ2v) is 11.4. The molecule has 0 saturated carbocycles. The van der Waals surface area contributed by atoms with Gasteiger partial charge in [0.2, 0.25) is 6.29 Å². The molecule has 14 nitrogen and oxygen atoms in total. The normalized spacial score (nSPS) is 30.0. The first-order chi connectivity index (χ1) is 22.9. The second-order valence-electron chi connectivity index (χ2n) is 11.4. The third-order valence-electron chi connectivity index (χ3n) is 7.55. The Morgan fingerprint density at radius 1 is 0.583 bits per heavy atom. The monoisotopic (exact) mass is 674 g/mol. The minimum absolute atomic E-state index is 0.135. The lowest BCUT2D eigenvalue weighted by molar-refractivity contribution is -0.352. The van der Waals surface area contributed by atoms with E-state index in [0.29, 0.717) is 11.5 Å². The highest BCUT2D eigenvalue weighted by Gasteiger charge is 2.56. The fourth-order valence-electron chi connectivity index (χ4n) is 5.56. The van der Waals surface area contributed by atoms with Crippen LogP contribution in [0.25, 0.3) is 0 Å². The molecule has 14 heteroatoms. The lowest BCUT2D eigenvalue weighted by Crippen LogP contribution is -2.66. The molecule has 0 aromatic heterocycles. The lowest BCUT2D eigenvalue weighted by atomic mass is 9.96. The predicted octanol–water partition coefficient (Wildman–Crippen LogP) is 3.26. The molecule has 0 radical (unpaired) electrons. The third kappa shape index (κ3) is 9.66. The smallest absolute Gasteiger partial charge is 0.303 e. The first kappa shape index (κ1) is 36.6. The van der Waals surface area contributed by atoms with E-state index < -0.39 is 85.3 Å². The van der Waals surface area contributed by atoms with Crippen molar-refractivity contribution in [1.29, 1.82) is 0 Å². The second kappa shape index (κ2) is 16.7. The first-order valence-electron chi connectivity index (χ1n) is 15.5. The maximum atomic E-state index is 12.5. The van der Waals surface area contributed by atoms with Crippen molar-refractivity contribution in [3.05, 3.63) is 60.2 Å². The summed E-state index contributed by atoms with van der Waals surface area (Å²) in [5.74, 6) is -1.83. The van der Waals surface area contributed by atoms with Crippen molar-refractivity contribution in [2.45, 2.75) is 110 Å². The number of carbonyl (C=O) groups is 4. The van der Waals surface area contributed by atoms with Crippen molar-refractivity contribution in [2.75, 3.05) is 7.11 Å². The van der Waals surface area contributed by atoms with Crippen molar-refractivity contribution in [3.8, 4) is 11.5 Å². The van der Waals surface area contributed by atoms with Gasteiger partial charge in [0.1, 0.15) is 23.7 Å². The van der Waals surface area contributed by atoms with Gasteiger partial charge in [0.05, 0.1) is 25.9 Å². The van der Waals surface area contributed by atoms with Crippen LogP contribution in [0.15, 0.2) is 54.6 Å². The van der Waals surface area contributed by atoms with Gasteiger partial charge < -0.3 is 47.4 Å². The highest BCUT2D eigenvalue weighted by atomic mass is 16.8. The Balaban J connectivity index is 1.74. The number of rotatable bonds is 12. The van der Waals surface area contributed by atoms with Gasteiger partial charge in [-0.2, -0.15) is 0 Å². The van der Waals surface area contributed by atoms with E-state index in [1.807, 2.05) is 30.3 Å². The molecule has 10 atom stereocenters. The maximum absolute atomic E-state index is 12.5. The van der Waals surface area contributed by atoms with Crippen LogP contribution in [0.5, 0.6) is 11.5 Å². The molecule has 4 rings (SSSR count). The van der Waals surface area contributed by atoms with Crippen LogP contribution in [0, 0.1) is 0 Å². The molecule has 2 aliphatic rings. The van der Waals surface area contributed by atoms with Gasteiger partial charge in [0.25, 0.3) is 0 Å². The van der Waals surface area contributed by atoms with Gasteiger partial charge >= 0.3 is 23.9 Å². The molecule has 262 valence electrons. The molecular weight excluding hydrogens is 632 g/mol. The first-order valence-corrected chi connectivity index (χ1v) is 15.5. The Labute approximate surface area is 278 Å². The predicted molar refractivity (Wildman–Crippen MR) is 164 cm³/mol. The molecule has 2 heterocycles. The standard InChI is InChI=1S/C34H42O14/c1-18-27(40-17-24-11-9-8-10-12-24)29(31(45-22(5)37)33(41-18)47-26-15-13-25(39-7)14-16-26)48-34-32(46-23(6)38)30(44-21(4)36)28(19(2)42-34)43-20(3)35/h8-16,18-19,27-34H,17H2,1-7H3/t18-,19-,27-,28-,29+,30+,31+,32+,33-,34-/m0/s1. The van der Waals surface area contributed by atoms with E-state index in [1.165, 1.54) is 21.0 Å². The summed E-state index contributed by atoms with van der Waals surface area (Å²) < 4.78 is 59.1. The Kier molecular flexibility index (Phi) is 12.8. The van der Waals surface area contributed by atoms with Crippen LogP contribution in [0.4, 0.5) is 0 Å².